The van der Waals surface area contributed by atoms with Gasteiger partial charge in [-0.2, -0.15) is 5.26 Å². The van der Waals surface area contributed by atoms with E-state index in [1.807, 2.05) is 6.92 Å². The Hall–Kier alpha value is -0.550. The molecule has 0 aromatic heterocycles. The Balaban J connectivity index is 2.29. The Kier molecular flexibility index (Phi) is 4.60. The molecule has 0 amide bonds. The van der Waals surface area contributed by atoms with E-state index in [1.165, 1.54) is 32.1 Å². The maximum Gasteiger partial charge on any atom is 0.0666 e. The first-order valence-electron chi connectivity index (χ1n) is 6.16. The summed E-state index contributed by atoms with van der Waals surface area (Å²) in [6.45, 7) is 7.57. The van der Waals surface area contributed by atoms with Gasteiger partial charge in [0.25, 0.3) is 0 Å². The van der Waals surface area contributed by atoms with Gasteiger partial charge in [0.15, 0.2) is 0 Å². The monoisotopic (exact) mass is 208 g/mol. The third-order valence-corrected chi connectivity index (χ3v) is 3.51. The molecule has 2 unspecified atom stereocenters. The van der Waals surface area contributed by atoms with Crippen LogP contribution in [-0.2, 0) is 0 Å². The van der Waals surface area contributed by atoms with Gasteiger partial charge in [-0.3, -0.25) is 0 Å². The molecule has 0 bridgehead atoms. The summed E-state index contributed by atoms with van der Waals surface area (Å²) in [7, 11) is 0. The molecule has 0 aromatic carbocycles. The Morgan fingerprint density at radius 2 is 2.13 bits per heavy atom. The van der Waals surface area contributed by atoms with Gasteiger partial charge in [0.2, 0.25) is 0 Å². The zero-order chi connectivity index (χ0) is 11.3. The molecule has 1 N–H and O–H groups in total. The largest absolute Gasteiger partial charge is 0.313 e. The molecule has 1 saturated carbocycles. The molecule has 1 aliphatic rings. The van der Waals surface area contributed by atoms with Crippen molar-refractivity contribution in [2.75, 3.05) is 6.54 Å². The Morgan fingerprint density at radius 1 is 1.40 bits per heavy atom. The lowest BCUT2D eigenvalue weighted by molar-refractivity contribution is 0.309. The second-order valence-electron chi connectivity index (χ2n) is 5.73. The SMILES string of the molecule is CC(C#N)CNC1CCCC(C)(C)CC1. The van der Waals surface area contributed by atoms with Crippen molar-refractivity contribution in [1.82, 2.24) is 5.32 Å². The van der Waals surface area contributed by atoms with Crippen LogP contribution in [0.15, 0.2) is 0 Å². The summed E-state index contributed by atoms with van der Waals surface area (Å²) in [6.07, 6.45) is 6.53. The molecule has 2 heteroatoms. The summed E-state index contributed by atoms with van der Waals surface area (Å²) in [4.78, 5) is 0. The van der Waals surface area contributed by atoms with Crippen molar-refractivity contribution in [3.63, 3.8) is 0 Å². The Labute approximate surface area is 94.1 Å². The molecule has 15 heavy (non-hydrogen) atoms. The van der Waals surface area contributed by atoms with E-state index < -0.39 is 0 Å². The van der Waals surface area contributed by atoms with E-state index >= 15 is 0 Å². The summed E-state index contributed by atoms with van der Waals surface area (Å²) >= 11 is 0. The average Bonchev–Trinajstić information content (AvgIpc) is 2.36. The molecule has 1 aliphatic carbocycles. The van der Waals surface area contributed by atoms with Crippen molar-refractivity contribution in [2.24, 2.45) is 11.3 Å². The highest BCUT2D eigenvalue weighted by atomic mass is 14.9. The molecular formula is C13H24N2. The molecule has 86 valence electrons. The third kappa shape index (κ3) is 4.66. The number of hydrogen-bond acceptors (Lipinski definition) is 2. The van der Waals surface area contributed by atoms with Crippen LogP contribution < -0.4 is 5.32 Å². The van der Waals surface area contributed by atoms with Gasteiger partial charge in [-0.1, -0.05) is 20.3 Å². The van der Waals surface area contributed by atoms with Crippen LogP contribution in [0.5, 0.6) is 0 Å². The lowest BCUT2D eigenvalue weighted by Crippen LogP contribution is -2.32. The predicted octanol–water partition coefficient (Wildman–Crippen LogP) is 3.09. The van der Waals surface area contributed by atoms with Crippen LogP contribution in [0.1, 0.15) is 52.9 Å². The van der Waals surface area contributed by atoms with E-state index in [2.05, 4.69) is 25.2 Å². The molecule has 0 saturated heterocycles. The molecule has 1 fully saturated rings. The van der Waals surface area contributed by atoms with Crippen LogP contribution in [0, 0.1) is 22.7 Å². The second-order valence-corrected chi connectivity index (χ2v) is 5.73. The van der Waals surface area contributed by atoms with Crippen LogP contribution in [0.3, 0.4) is 0 Å². The van der Waals surface area contributed by atoms with Crippen molar-refractivity contribution in [2.45, 2.75) is 58.9 Å². The van der Waals surface area contributed by atoms with Gasteiger partial charge in [-0.25, -0.2) is 0 Å². The topological polar surface area (TPSA) is 35.8 Å². The van der Waals surface area contributed by atoms with Crippen LogP contribution in [-0.4, -0.2) is 12.6 Å². The van der Waals surface area contributed by atoms with Crippen molar-refractivity contribution < 1.29 is 0 Å². The third-order valence-electron chi connectivity index (χ3n) is 3.51. The quantitative estimate of drug-likeness (QED) is 0.723. The molecule has 0 spiro atoms. The van der Waals surface area contributed by atoms with Gasteiger partial charge in [0.1, 0.15) is 0 Å². The summed E-state index contributed by atoms with van der Waals surface area (Å²) in [5, 5.41) is 12.2. The standard InChI is InChI=1S/C13H24N2/c1-11(9-14)10-15-12-5-4-7-13(2,3)8-6-12/h11-12,15H,4-8,10H2,1-3H3. The average molecular weight is 208 g/mol. The van der Waals surface area contributed by atoms with E-state index in [9.17, 15) is 0 Å². The first-order chi connectivity index (χ1) is 7.03. The van der Waals surface area contributed by atoms with Crippen molar-refractivity contribution >= 4 is 0 Å². The maximum atomic E-state index is 8.71. The Bertz CT molecular complexity index is 227. The molecule has 0 radical (unpaired) electrons. The van der Waals surface area contributed by atoms with E-state index in [0.717, 1.165) is 6.54 Å². The van der Waals surface area contributed by atoms with Crippen molar-refractivity contribution in [3.05, 3.63) is 0 Å². The van der Waals surface area contributed by atoms with E-state index in [4.69, 9.17) is 5.26 Å². The lowest BCUT2D eigenvalue weighted by atomic mass is 9.85. The zero-order valence-electron chi connectivity index (χ0n) is 10.3. The maximum absolute atomic E-state index is 8.71. The first kappa shape index (κ1) is 12.5. The van der Waals surface area contributed by atoms with Crippen LogP contribution in [0.4, 0.5) is 0 Å². The summed E-state index contributed by atoms with van der Waals surface area (Å²) in [5.41, 5.74) is 0.525. The summed E-state index contributed by atoms with van der Waals surface area (Å²) in [6, 6.07) is 2.92. The fourth-order valence-corrected chi connectivity index (χ4v) is 2.25. The molecule has 0 aliphatic heterocycles. The van der Waals surface area contributed by atoms with Crippen LogP contribution in [0.25, 0.3) is 0 Å². The van der Waals surface area contributed by atoms with Crippen LogP contribution in [0.2, 0.25) is 0 Å². The van der Waals surface area contributed by atoms with Gasteiger partial charge in [0, 0.05) is 12.6 Å². The molecule has 0 aromatic rings. The number of nitrogens with zero attached hydrogens (tertiary/aromatic N) is 1. The fourth-order valence-electron chi connectivity index (χ4n) is 2.25. The highest BCUT2D eigenvalue weighted by Crippen LogP contribution is 2.33. The number of nitriles is 1. The van der Waals surface area contributed by atoms with E-state index in [1.54, 1.807) is 0 Å². The zero-order valence-corrected chi connectivity index (χ0v) is 10.3. The van der Waals surface area contributed by atoms with Gasteiger partial charge in [-0.05, 0) is 38.0 Å². The minimum absolute atomic E-state index is 0.140. The number of hydrogen-bond donors (Lipinski definition) is 1. The lowest BCUT2D eigenvalue weighted by Gasteiger charge is -2.22. The second kappa shape index (κ2) is 5.51. The smallest absolute Gasteiger partial charge is 0.0666 e. The van der Waals surface area contributed by atoms with Crippen LogP contribution >= 0.6 is 0 Å². The van der Waals surface area contributed by atoms with Gasteiger partial charge in [-0.15, -0.1) is 0 Å². The number of rotatable bonds is 3. The summed E-state index contributed by atoms with van der Waals surface area (Å²) in [5.74, 6) is 0.140. The molecule has 0 heterocycles. The molecule has 2 atom stereocenters. The highest BCUT2D eigenvalue weighted by molar-refractivity contribution is 4.84. The van der Waals surface area contributed by atoms with E-state index in [-0.39, 0.29) is 5.92 Å². The summed E-state index contributed by atoms with van der Waals surface area (Å²) < 4.78 is 0. The van der Waals surface area contributed by atoms with E-state index in [0.29, 0.717) is 11.5 Å². The molecule has 2 nitrogen and oxygen atoms in total. The molecule has 1 rings (SSSR count). The van der Waals surface area contributed by atoms with Crippen molar-refractivity contribution in [1.29, 1.82) is 5.26 Å². The Morgan fingerprint density at radius 3 is 2.80 bits per heavy atom. The van der Waals surface area contributed by atoms with Gasteiger partial charge in [0.05, 0.1) is 12.0 Å². The minimum atomic E-state index is 0.140. The fraction of sp³-hybridized carbons (Fsp3) is 0.923. The van der Waals surface area contributed by atoms with Gasteiger partial charge < -0.3 is 5.32 Å². The normalized spacial score (nSPS) is 27.7. The molecular weight excluding hydrogens is 184 g/mol. The number of nitrogens with one attached hydrogen (secondary N) is 1. The minimum Gasteiger partial charge on any atom is -0.313 e. The van der Waals surface area contributed by atoms with Crippen molar-refractivity contribution in [3.8, 4) is 6.07 Å². The van der Waals surface area contributed by atoms with Gasteiger partial charge >= 0.3 is 0 Å². The highest BCUT2D eigenvalue weighted by Gasteiger charge is 2.24. The first-order valence-corrected chi connectivity index (χ1v) is 6.16. The predicted molar refractivity (Wildman–Crippen MR) is 63.4 cm³/mol.